The predicted molar refractivity (Wildman–Crippen MR) is 69.1 cm³/mol. The van der Waals surface area contributed by atoms with Crippen LogP contribution < -0.4 is 0 Å². The highest BCUT2D eigenvalue weighted by Gasteiger charge is 2.14. The van der Waals surface area contributed by atoms with Crippen LogP contribution in [0.2, 0.25) is 0 Å². The third-order valence-corrected chi connectivity index (χ3v) is 3.84. The smallest absolute Gasteiger partial charge is 0.147 e. The third kappa shape index (κ3) is 3.08. The summed E-state index contributed by atoms with van der Waals surface area (Å²) >= 11 is 0. The Morgan fingerprint density at radius 3 is 2.94 bits per heavy atom. The van der Waals surface area contributed by atoms with E-state index in [9.17, 15) is 13.5 Å². The minimum Gasteiger partial charge on any atom is -0.388 e. The molecule has 1 unspecified atom stereocenters. The van der Waals surface area contributed by atoms with Gasteiger partial charge in [0, 0.05) is 23.8 Å². The molecular formula is C12H16N2O3S. The van der Waals surface area contributed by atoms with Crippen LogP contribution >= 0.6 is 0 Å². The molecule has 0 saturated heterocycles. The summed E-state index contributed by atoms with van der Waals surface area (Å²) in [4.78, 5) is 0. The molecule has 5 nitrogen and oxygen atoms in total. The van der Waals surface area contributed by atoms with Crippen molar-refractivity contribution in [1.29, 1.82) is 0 Å². The van der Waals surface area contributed by atoms with E-state index in [2.05, 4.69) is 5.10 Å². The van der Waals surface area contributed by atoms with Crippen LogP contribution in [0.1, 0.15) is 24.5 Å². The fourth-order valence-corrected chi connectivity index (χ4v) is 2.60. The number of aromatic nitrogens is 2. The molecule has 18 heavy (non-hydrogen) atoms. The molecule has 1 atom stereocenters. The van der Waals surface area contributed by atoms with Crippen molar-refractivity contribution < 1.29 is 13.5 Å². The standard InChI is InChI=1S/C12H16N2O3S/c1-18(16,17)8-4-6-12(15)10-9-13-14-7-3-2-5-11(10)14/h2-3,5,7,9,12,15H,4,6,8H2,1H3. The summed E-state index contributed by atoms with van der Waals surface area (Å²) in [6, 6.07) is 5.62. The normalized spacial score (nSPS) is 13.9. The Hall–Kier alpha value is -1.40. The number of pyridine rings is 1. The minimum atomic E-state index is -2.96. The molecule has 0 aromatic carbocycles. The van der Waals surface area contributed by atoms with Crippen LogP contribution in [0.3, 0.4) is 0 Å². The number of fused-ring (bicyclic) bond motifs is 1. The third-order valence-electron chi connectivity index (χ3n) is 2.81. The highest BCUT2D eigenvalue weighted by Crippen LogP contribution is 2.22. The zero-order chi connectivity index (χ0) is 13.2. The molecule has 0 aliphatic heterocycles. The molecule has 2 heterocycles. The van der Waals surface area contributed by atoms with E-state index in [4.69, 9.17) is 0 Å². The van der Waals surface area contributed by atoms with E-state index >= 15 is 0 Å². The SMILES string of the molecule is CS(=O)(=O)CCCC(O)c1cnn2ccccc12. The lowest BCUT2D eigenvalue weighted by atomic mass is 10.1. The average Bonchev–Trinajstić information content (AvgIpc) is 2.70. The molecule has 0 saturated carbocycles. The summed E-state index contributed by atoms with van der Waals surface area (Å²) in [6.45, 7) is 0. The number of sulfone groups is 1. The van der Waals surface area contributed by atoms with Gasteiger partial charge in [0.2, 0.25) is 0 Å². The van der Waals surface area contributed by atoms with Gasteiger partial charge in [0.05, 0.1) is 17.8 Å². The highest BCUT2D eigenvalue weighted by molar-refractivity contribution is 7.90. The lowest BCUT2D eigenvalue weighted by molar-refractivity contribution is 0.168. The summed E-state index contributed by atoms with van der Waals surface area (Å²) in [6.07, 6.45) is 4.83. The molecule has 0 aliphatic rings. The second-order valence-corrected chi connectivity index (χ2v) is 6.68. The second-order valence-electron chi connectivity index (χ2n) is 4.42. The predicted octanol–water partition coefficient (Wildman–Crippen LogP) is 1.19. The molecule has 2 rings (SSSR count). The Balaban J connectivity index is 2.07. The van der Waals surface area contributed by atoms with Gasteiger partial charge in [-0.1, -0.05) is 6.07 Å². The zero-order valence-corrected chi connectivity index (χ0v) is 11.0. The topological polar surface area (TPSA) is 71.7 Å². The lowest BCUT2D eigenvalue weighted by Crippen LogP contribution is -2.05. The first-order valence-corrected chi connectivity index (χ1v) is 7.81. The van der Waals surface area contributed by atoms with Crippen LogP contribution in [0, 0.1) is 0 Å². The molecule has 0 fully saturated rings. The molecule has 0 radical (unpaired) electrons. The number of nitrogens with zero attached hydrogens (tertiary/aromatic N) is 2. The molecule has 98 valence electrons. The Labute approximate surface area is 106 Å². The van der Waals surface area contributed by atoms with Gasteiger partial charge in [-0.3, -0.25) is 0 Å². The molecule has 2 aromatic heterocycles. The highest BCUT2D eigenvalue weighted by atomic mass is 32.2. The van der Waals surface area contributed by atoms with Crippen LogP contribution in [-0.2, 0) is 9.84 Å². The number of rotatable bonds is 5. The summed E-state index contributed by atoms with van der Waals surface area (Å²) in [5.41, 5.74) is 1.59. The maximum Gasteiger partial charge on any atom is 0.147 e. The molecule has 2 aromatic rings. The zero-order valence-electron chi connectivity index (χ0n) is 10.2. The molecule has 0 amide bonds. The number of hydrogen-bond acceptors (Lipinski definition) is 4. The Bertz CT molecular complexity index is 634. The van der Waals surface area contributed by atoms with Crippen LogP contribution in [0.4, 0.5) is 0 Å². The monoisotopic (exact) mass is 268 g/mol. The Morgan fingerprint density at radius 1 is 1.44 bits per heavy atom. The first-order valence-electron chi connectivity index (χ1n) is 5.75. The number of aliphatic hydroxyl groups excluding tert-OH is 1. The molecule has 0 bridgehead atoms. The molecular weight excluding hydrogens is 252 g/mol. The van der Waals surface area contributed by atoms with Crippen molar-refractivity contribution in [2.75, 3.05) is 12.0 Å². The van der Waals surface area contributed by atoms with E-state index in [-0.39, 0.29) is 5.75 Å². The quantitative estimate of drug-likeness (QED) is 0.884. The fraction of sp³-hybridized carbons (Fsp3) is 0.417. The molecule has 0 aliphatic carbocycles. The second kappa shape index (κ2) is 5.07. The van der Waals surface area contributed by atoms with Gasteiger partial charge in [0.1, 0.15) is 9.84 Å². The van der Waals surface area contributed by atoms with Gasteiger partial charge < -0.3 is 5.11 Å². The van der Waals surface area contributed by atoms with E-state index in [0.29, 0.717) is 12.8 Å². The van der Waals surface area contributed by atoms with Gasteiger partial charge in [0.25, 0.3) is 0 Å². The summed E-state index contributed by atoms with van der Waals surface area (Å²) in [7, 11) is -2.96. The van der Waals surface area contributed by atoms with Crippen LogP contribution in [0.5, 0.6) is 0 Å². The van der Waals surface area contributed by atoms with Crippen LogP contribution in [-0.4, -0.2) is 35.1 Å². The van der Waals surface area contributed by atoms with Gasteiger partial charge in [-0.25, -0.2) is 12.9 Å². The van der Waals surface area contributed by atoms with Gasteiger partial charge in [-0.15, -0.1) is 0 Å². The van der Waals surface area contributed by atoms with Crippen LogP contribution in [0.15, 0.2) is 30.6 Å². The lowest BCUT2D eigenvalue weighted by Gasteiger charge is -2.08. The number of aliphatic hydroxyl groups is 1. The van der Waals surface area contributed by atoms with E-state index in [1.807, 2.05) is 24.4 Å². The summed E-state index contributed by atoms with van der Waals surface area (Å²) in [5.74, 6) is 0.100. The molecule has 0 spiro atoms. The van der Waals surface area contributed by atoms with Crippen molar-refractivity contribution in [2.24, 2.45) is 0 Å². The van der Waals surface area contributed by atoms with E-state index in [1.54, 1.807) is 10.7 Å². The van der Waals surface area contributed by atoms with Crippen molar-refractivity contribution >= 4 is 15.4 Å². The first kappa shape index (κ1) is 13.0. The Morgan fingerprint density at radius 2 is 2.22 bits per heavy atom. The van der Waals surface area contributed by atoms with Crippen LogP contribution in [0.25, 0.3) is 5.52 Å². The van der Waals surface area contributed by atoms with Crippen molar-refractivity contribution in [3.63, 3.8) is 0 Å². The molecule has 6 heteroatoms. The maximum absolute atomic E-state index is 11.0. The van der Waals surface area contributed by atoms with E-state index in [1.165, 1.54) is 6.26 Å². The Kier molecular flexibility index (Phi) is 3.68. The van der Waals surface area contributed by atoms with Gasteiger partial charge >= 0.3 is 0 Å². The summed E-state index contributed by atoms with van der Waals surface area (Å²) < 4.78 is 23.7. The van der Waals surface area contributed by atoms with Crippen molar-refractivity contribution in [3.05, 3.63) is 36.2 Å². The number of hydrogen-bond donors (Lipinski definition) is 1. The van der Waals surface area contributed by atoms with Crippen molar-refractivity contribution in [1.82, 2.24) is 9.61 Å². The van der Waals surface area contributed by atoms with Gasteiger partial charge in [-0.05, 0) is 25.0 Å². The van der Waals surface area contributed by atoms with E-state index < -0.39 is 15.9 Å². The average molecular weight is 268 g/mol. The first-order chi connectivity index (χ1) is 8.47. The fourth-order valence-electron chi connectivity index (χ4n) is 1.91. The maximum atomic E-state index is 11.0. The van der Waals surface area contributed by atoms with Crippen molar-refractivity contribution in [3.8, 4) is 0 Å². The minimum absolute atomic E-state index is 0.100. The largest absolute Gasteiger partial charge is 0.388 e. The van der Waals surface area contributed by atoms with Gasteiger partial charge in [0.15, 0.2) is 0 Å². The summed E-state index contributed by atoms with van der Waals surface area (Å²) in [5, 5.41) is 14.2. The van der Waals surface area contributed by atoms with Crippen molar-refractivity contribution in [2.45, 2.75) is 18.9 Å². The van der Waals surface area contributed by atoms with E-state index in [0.717, 1.165) is 11.1 Å². The van der Waals surface area contributed by atoms with Gasteiger partial charge in [-0.2, -0.15) is 5.10 Å². The molecule has 1 N–H and O–H groups in total.